The van der Waals surface area contributed by atoms with Crippen molar-refractivity contribution in [2.45, 2.75) is 5.92 Å². The maximum atomic E-state index is 11.2. The van der Waals surface area contributed by atoms with Crippen LogP contribution in [0.1, 0.15) is 11.8 Å². The molecule has 8 heteroatoms. The van der Waals surface area contributed by atoms with E-state index in [4.69, 9.17) is 4.52 Å². The summed E-state index contributed by atoms with van der Waals surface area (Å²) in [6.45, 7) is 1.89. The number of likely N-dealkylation sites (tertiary alicyclic amines) is 1. The molecule has 2 aromatic heterocycles. The Morgan fingerprint density at radius 1 is 1.50 bits per heavy atom. The third kappa shape index (κ3) is 2.50. The van der Waals surface area contributed by atoms with Crippen molar-refractivity contribution in [2.75, 3.05) is 26.7 Å². The van der Waals surface area contributed by atoms with Gasteiger partial charge < -0.3 is 9.84 Å². The fraction of sp³-hybridized carbons (Fsp3) is 0.417. The van der Waals surface area contributed by atoms with Gasteiger partial charge in [-0.3, -0.25) is 14.7 Å². The predicted octanol–water partition coefficient (Wildman–Crippen LogP) is -0.328. The molecule has 0 radical (unpaired) electrons. The molecule has 1 N–H and O–H groups in total. The second-order valence-corrected chi connectivity index (χ2v) is 4.61. The van der Waals surface area contributed by atoms with E-state index in [0.29, 0.717) is 24.0 Å². The van der Waals surface area contributed by atoms with Crippen LogP contribution in [-0.2, 0) is 4.79 Å². The van der Waals surface area contributed by atoms with Crippen molar-refractivity contribution in [2.24, 2.45) is 0 Å². The van der Waals surface area contributed by atoms with Crippen molar-refractivity contribution >= 4 is 5.91 Å². The average molecular weight is 274 g/mol. The number of hydrogen-bond acceptors (Lipinski definition) is 7. The first kappa shape index (κ1) is 12.7. The van der Waals surface area contributed by atoms with Crippen LogP contribution >= 0.6 is 0 Å². The summed E-state index contributed by atoms with van der Waals surface area (Å²) in [5, 5.41) is 6.50. The van der Waals surface area contributed by atoms with E-state index in [1.54, 1.807) is 25.6 Å². The minimum Gasteiger partial charge on any atom is -0.358 e. The summed E-state index contributed by atoms with van der Waals surface area (Å²) in [4.78, 5) is 25.7. The van der Waals surface area contributed by atoms with E-state index in [0.717, 1.165) is 13.1 Å². The van der Waals surface area contributed by atoms with Gasteiger partial charge in [0.15, 0.2) is 0 Å². The van der Waals surface area contributed by atoms with Gasteiger partial charge in [0.05, 0.1) is 18.7 Å². The van der Waals surface area contributed by atoms with E-state index in [1.165, 1.54) is 0 Å². The van der Waals surface area contributed by atoms with E-state index in [-0.39, 0.29) is 11.8 Å². The summed E-state index contributed by atoms with van der Waals surface area (Å²) in [6, 6.07) is 0. The van der Waals surface area contributed by atoms with Crippen LogP contribution in [0.4, 0.5) is 0 Å². The highest BCUT2D eigenvalue weighted by atomic mass is 16.5. The normalized spacial score (nSPS) is 15.8. The molecule has 1 aliphatic rings. The minimum absolute atomic E-state index is 0.00854. The number of hydrogen-bond donors (Lipinski definition) is 1. The standard InChI is InChI=1S/C12H14N6O2/c1-13-10(19)7-18-5-8(6-18)12-16-11(17-20-12)9-4-14-2-3-15-9/h2-4,8H,5-7H2,1H3,(H,13,19). The van der Waals surface area contributed by atoms with Crippen molar-refractivity contribution < 1.29 is 9.32 Å². The number of rotatable bonds is 4. The van der Waals surface area contributed by atoms with Crippen LogP contribution in [-0.4, -0.2) is 57.6 Å². The SMILES string of the molecule is CNC(=O)CN1CC(c2nc(-c3cnccn3)no2)C1. The van der Waals surface area contributed by atoms with Crippen molar-refractivity contribution in [3.63, 3.8) is 0 Å². The smallest absolute Gasteiger partial charge is 0.233 e. The molecule has 104 valence electrons. The van der Waals surface area contributed by atoms with Crippen molar-refractivity contribution in [1.82, 2.24) is 30.3 Å². The van der Waals surface area contributed by atoms with Crippen LogP contribution in [0.3, 0.4) is 0 Å². The highest BCUT2D eigenvalue weighted by Crippen LogP contribution is 2.26. The van der Waals surface area contributed by atoms with Crippen LogP contribution in [0.15, 0.2) is 23.1 Å². The molecule has 0 bridgehead atoms. The second kappa shape index (κ2) is 5.33. The Morgan fingerprint density at radius 3 is 3.05 bits per heavy atom. The average Bonchev–Trinajstić information content (AvgIpc) is 2.92. The quantitative estimate of drug-likeness (QED) is 0.815. The number of carbonyl (C=O) groups is 1. The largest absolute Gasteiger partial charge is 0.358 e. The maximum Gasteiger partial charge on any atom is 0.233 e. The molecule has 1 fully saturated rings. The van der Waals surface area contributed by atoms with Gasteiger partial charge in [-0.15, -0.1) is 0 Å². The van der Waals surface area contributed by atoms with Gasteiger partial charge in [-0.2, -0.15) is 4.98 Å². The molecule has 0 atom stereocenters. The highest BCUT2D eigenvalue weighted by Gasteiger charge is 2.33. The molecule has 8 nitrogen and oxygen atoms in total. The Bertz CT molecular complexity index is 593. The fourth-order valence-corrected chi connectivity index (χ4v) is 2.06. The van der Waals surface area contributed by atoms with Gasteiger partial charge in [-0.1, -0.05) is 5.16 Å². The molecular weight excluding hydrogens is 260 g/mol. The summed E-state index contributed by atoms with van der Waals surface area (Å²) >= 11 is 0. The number of nitrogens with one attached hydrogen (secondary N) is 1. The summed E-state index contributed by atoms with van der Waals surface area (Å²) in [7, 11) is 1.63. The molecule has 3 rings (SSSR count). The first-order chi connectivity index (χ1) is 9.76. The van der Waals surface area contributed by atoms with Gasteiger partial charge in [0, 0.05) is 32.5 Å². The van der Waals surface area contributed by atoms with Gasteiger partial charge in [0.2, 0.25) is 17.6 Å². The minimum atomic E-state index is 0.00854. The van der Waals surface area contributed by atoms with Crippen molar-refractivity contribution in [1.29, 1.82) is 0 Å². The van der Waals surface area contributed by atoms with E-state index < -0.39 is 0 Å². The summed E-state index contributed by atoms with van der Waals surface area (Å²) < 4.78 is 5.25. The number of aromatic nitrogens is 4. The van der Waals surface area contributed by atoms with E-state index >= 15 is 0 Å². The first-order valence-electron chi connectivity index (χ1n) is 6.29. The molecule has 0 aromatic carbocycles. The number of carbonyl (C=O) groups excluding carboxylic acids is 1. The van der Waals surface area contributed by atoms with Gasteiger partial charge in [0.1, 0.15) is 5.69 Å². The molecule has 0 unspecified atom stereocenters. The molecule has 0 saturated carbocycles. The molecule has 1 saturated heterocycles. The summed E-state index contributed by atoms with van der Waals surface area (Å²) in [6.07, 6.45) is 4.76. The van der Waals surface area contributed by atoms with Crippen LogP contribution in [0.2, 0.25) is 0 Å². The Kier molecular flexibility index (Phi) is 3.38. The topological polar surface area (TPSA) is 97.0 Å². The molecule has 3 heterocycles. The summed E-state index contributed by atoms with van der Waals surface area (Å²) in [5.74, 6) is 1.21. The lowest BCUT2D eigenvalue weighted by Gasteiger charge is -2.36. The molecule has 0 spiro atoms. The zero-order valence-electron chi connectivity index (χ0n) is 11.0. The lowest BCUT2D eigenvalue weighted by atomic mass is 10.0. The van der Waals surface area contributed by atoms with Gasteiger partial charge in [-0.05, 0) is 0 Å². The Labute approximate surface area is 115 Å². The van der Waals surface area contributed by atoms with E-state index in [2.05, 4.69) is 25.4 Å². The second-order valence-electron chi connectivity index (χ2n) is 4.61. The van der Waals surface area contributed by atoms with Gasteiger partial charge >= 0.3 is 0 Å². The van der Waals surface area contributed by atoms with Crippen LogP contribution in [0.5, 0.6) is 0 Å². The zero-order chi connectivity index (χ0) is 13.9. The molecule has 2 aromatic rings. The third-order valence-electron chi connectivity index (χ3n) is 3.19. The van der Waals surface area contributed by atoms with Crippen LogP contribution < -0.4 is 5.32 Å². The van der Waals surface area contributed by atoms with Crippen molar-refractivity contribution in [3.8, 4) is 11.5 Å². The first-order valence-corrected chi connectivity index (χ1v) is 6.29. The van der Waals surface area contributed by atoms with E-state index in [9.17, 15) is 4.79 Å². The fourth-order valence-electron chi connectivity index (χ4n) is 2.06. The number of likely N-dealkylation sites (N-methyl/N-ethyl adjacent to an activating group) is 1. The highest BCUT2D eigenvalue weighted by molar-refractivity contribution is 5.77. The van der Waals surface area contributed by atoms with Gasteiger partial charge in [0.25, 0.3) is 0 Å². The molecular formula is C12H14N6O2. The molecule has 1 amide bonds. The van der Waals surface area contributed by atoms with Crippen LogP contribution in [0.25, 0.3) is 11.5 Å². The molecule has 0 aliphatic carbocycles. The lowest BCUT2D eigenvalue weighted by molar-refractivity contribution is -0.122. The van der Waals surface area contributed by atoms with Crippen molar-refractivity contribution in [3.05, 3.63) is 24.5 Å². The van der Waals surface area contributed by atoms with Gasteiger partial charge in [-0.25, -0.2) is 4.98 Å². The van der Waals surface area contributed by atoms with E-state index in [1.807, 2.05) is 4.90 Å². The lowest BCUT2D eigenvalue weighted by Crippen LogP contribution is -2.49. The Balaban J connectivity index is 1.61. The zero-order valence-corrected chi connectivity index (χ0v) is 11.0. The third-order valence-corrected chi connectivity index (χ3v) is 3.19. The Morgan fingerprint density at radius 2 is 2.35 bits per heavy atom. The maximum absolute atomic E-state index is 11.2. The number of nitrogens with zero attached hydrogens (tertiary/aromatic N) is 5. The van der Waals surface area contributed by atoms with Crippen LogP contribution in [0, 0.1) is 0 Å². The predicted molar refractivity (Wildman–Crippen MR) is 68.6 cm³/mol. The summed E-state index contributed by atoms with van der Waals surface area (Å²) in [5.41, 5.74) is 0.587. The number of amides is 1. The Hall–Kier alpha value is -2.35. The molecule has 20 heavy (non-hydrogen) atoms. The molecule has 1 aliphatic heterocycles. The monoisotopic (exact) mass is 274 g/mol.